The normalized spacial score (nSPS) is 30.5. The number of hydrogen-bond donors (Lipinski definition) is 0. The summed E-state index contributed by atoms with van der Waals surface area (Å²) >= 11 is 0.0809. The first-order chi connectivity index (χ1) is 14.5. The monoisotopic (exact) mass is 532 g/mol. The molecule has 0 N–H and O–H groups in total. The van der Waals surface area contributed by atoms with Crippen LogP contribution in [0.2, 0.25) is 0 Å². The van der Waals surface area contributed by atoms with Gasteiger partial charge in [-0.05, 0) is 0 Å². The molecule has 1 fully saturated rings. The average molecular weight is 530 g/mol. The molecule has 0 saturated heterocycles. The second-order valence-electron chi connectivity index (χ2n) is 7.66. The van der Waals surface area contributed by atoms with Crippen LogP contribution in [0.4, 0.5) is 11.4 Å². The van der Waals surface area contributed by atoms with Gasteiger partial charge in [0.1, 0.15) is 0 Å². The van der Waals surface area contributed by atoms with Crippen LogP contribution in [0, 0.1) is 11.8 Å². The molecule has 3 aliphatic rings. The molecule has 2 aliphatic heterocycles. The van der Waals surface area contributed by atoms with Gasteiger partial charge in [-0.3, -0.25) is 0 Å². The van der Waals surface area contributed by atoms with E-state index in [0.29, 0.717) is 0 Å². The van der Waals surface area contributed by atoms with E-state index in [1.54, 1.807) is 12.2 Å². The molecule has 5 rings (SSSR count). The van der Waals surface area contributed by atoms with Crippen LogP contribution >= 0.6 is 0 Å². The molecule has 0 aromatic heterocycles. The summed E-state index contributed by atoms with van der Waals surface area (Å²) in [6, 6.07) is 16.2. The summed E-state index contributed by atoms with van der Waals surface area (Å²) < 4.78 is 4.45. The van der Waals surface area contributed by atoms with E-state index in [1.807, 2.05) is 55.4 Å². The van der Waals surface area contributed by atoms with Gasteiger partial charge in [-0.1, -0.05) is 0 Å². The number of rotatable bonds is 2. The van der Waals surface area contributed by atoms with Gasteiger partial charge < -0.3 is 0 Å². The van der Waals surface area contributed by atoms with E-state index in [2.05, 4.69) is 17.0 Å². The zero-order chi connectivity index (χ0) is 21.0. The van der Waals surface area contributed by atoms with Crippen molar-refractivity contribution >= 4 is 56.0 Å². The molecule has 5 nitrogen and oxygen atoms in total. The van der Waals surface area contributed by atoms with E-state index in [0.717, 1.165) is 20.6 Å². The fourth-order valence-corrected chi connectivity index (χ4v) is 8.93. The zero-order valence-corrected chi connectivity index (χ0v) is 19.9. The first-order valence-corrected chi connectivity index (χ1v) is 13.2. The Kier molecular flexibility index (Phi) is 5.14. The van der Waals surface area contributed by atoms with Crippen LogP contribution in [0.25, 0.3) is 0 Å². The molecule has 0 spiro atoms. The summed E-state index contributed by atoms with van der Waals surface area (Å²) in [6.45, 7) is 0. The van der Waals surface area contributed by atoms with Gasteiger partial charge in [0.05, 0.1) is 0 Å². The van der Waals surface area contributed by atoms with Gasteiger partial charge in [0, 0.05) is 0 Å². The van der Waals surface area contributed by atoms with E-state index in [1.165, 1.54) is 8.92 Å². The average Bonchev–Trinajstić information content (AvgIpc) is 3.31. The van der Waals surface area contributed by atoms with Crippen LogP contribution in [0.3, 0.4) is 0 Å². The molecule has 4 atom stereocenters. The summed E-state index contributed by atoms with van der Waals surface area (Å²) in [5.41, 5.74) is 2.23. The Balaban J connectivity index is 1.41. The van der Waals surface area contributed by atoms with Gasteiger partial charge in [-0.2, -0.15) is 0 Å². The number of nitrogens with zero attached hydrogens (tertiary/aromatic N) is 2. The fourth-order valence-electron chi connectivity index (χ4n) is 4.16. The molecular weight excluding hydrogens is 510 g/mol. The van der Waals surface area contributed by atoms with Crippen molar-refractivity contribution in [1.29, 1.82) is 0 Å². The van der Waals surface area contributed by atoms with Crippen molar-refractivity contribution in [3.8, 4) is 0 Å². The summed E-state index contributed by atoms with van der Waals surface area (Å²) in [4.78, 5) is 16.9. The molecule has 2 heterocycles. The number of hydrogen-bond acceptors (Lipinski definition) is 5. The second kappa shape index (κ2) is 7.68. The van der Waals surface area contributed by atoms with Crippen molar-refractivity contribution in [3.63, 3.8) is 0 Å². The van der Waals surface area contributed by atoms with Gasteiger partial charge in [0.25, 0.3) is 0 Å². The summed E-state index contributed by atoms with van der Waals surface area (Å²) in [7, 11) is 3.92. The van der Waals surface area contributed by atoms with Gasteiger partial charge in [-0.25, -0.2) is 0 Å². The Morgan fingerprint density at radius 2 is 1.33 bits per heavy atom. The molecule has 1 saturated carbocycles. The number of benzene rings is 2. The Labute approximate surface area is 188 Å². The number of fused-ring (bicyclic) bond motifs is 2. The SMILES string of the molecule is CN1/C(=C\C2C(=O)C([O-])C(/C=C3/[Se]c4ccccc4N3C)C2[O-])[Se]c2ccccc21. The minimum atomic E-state index is -1.49. The first kappa shape index (κ1) is 20.1. The Bertz CT molecular complexity index is 1080. The number of anilines is 2. The molecule has 2 aromatic carbocycles. The predicted molar refractivity (Wildman–Crippen MR) is 116 cm³/mol. The molecule has 30 heavy (non-hydrogen) atoms. The van der Waals surface area contributed by atoms with Gasteiger partial charge in [0.2, 0.25) is 0 Å². The standard InChI is InChI=1S/C23H20N2O3Se2/c1-24-15-7-3-5-9-17(15)29-19(24)11-13-21(26)14(23(28)22(13)27)12-20-25(2)16-8-4-6-10-18(16)30-20/h3-14,21-22H,1-2H3/q-2/b19-11+,20-12+. The third-order valence-corrected chi connectivity index (χ3v) is 10.9. The van der Waals surface area contributed by atoms with Crippen LogP contribution in [0.15, 0.2) is 69.9 Å². The van der Waals surface area contributed by atoms with E-state index in [-0.39, 0.29) is 29.9 Å². The molecule has 2 aromatic rings. The molecule has 0 bridgehead atoms. The number of carbonyl (C=O) groups is 1. The molecule has 4 unspecified atom stereocenters. The number of Topliss-reactive ketones (excluding diaryl/α,β-unsaturated/α-hetero) is 1. The Hall–Kier alpha value is -1.85. The maximum absolute atomic E-state index is 13.2. The van der Waals surface area contributed by atoms with Crippen molar-refractivity contribution in [3.05, 3.63) is 69.9 Å². The van der Waals surface area contributed by atoms with Crippen LogP contribution in [0.1, 0.15) is 0 Å². The minimum absolute atomic E-state index is 0.0384. The van der Waals surface area contributed by atoms with Crippen molar-refractivity contribution in [2.45, 2.75) is 12.2 Å². The summed E-state index contributed by atoms with van der Waals surface area (Å²) in [6.07, 6.45) is 0.850. The molecule has 7 heteroatoms. The summed E-state index contributed by atoms with van der Waals surface area (Å²) in [5, 5.41) is 26.0. The number of ketones is 1. The van der Waals surface area contributed by atoms with Crippen LogP contribution in [-0.2, 0) is 4.79 Å². The first-order valence-electron chi connectivity index (χ1n) is 9.76. The maximum atomic E-state index is 13.2. The molecule has 1 aliphatic carbocycles. The van der Waals surface area contributed by atoms with Crippen LogP contribution in [0.5, 0.6) is 0 Å². The van der Waals surface area contributed by atoms with E-state index >= 15 is 0 Å². The molecular formula is C23H20N2O3Se2-2. The van der Waals surface area contributed by atoms with Crippen LogP contribution < -0.4 is 28.9 Å². The van der Waals surface area contributed by atoms with Crippen molar-refractivity contribution in [1.82, 2.24) is 0 Å². The topological polar surface area (TPSA) is 69.7 Å². The summed E-state index contributed by atoms with van der Waals surface area (Å²) in [5.74, 6) is -2.13. The Morgan fingerprint density at radius 3 is 1.87 bits per heavy atom. The fraction of sp³-hybridized carbons (Fsp3) is 0.261. The molecule has 0 amide bonds. The quantitative estimate of drug-likeness (QED) is 0.462. The third-order valence-electron chi connectivity index (χ3n) is 5.89. The number of carbonyl (C=O) groups excluding carboxylic acids is 1. The van der Waals surface area contributed by atoms with Gasteiger partial charge in [0.15, 0.2) is 0 Å². The molecule has 0 radical (unpaired) electrons. The molecule has 154 valence electrons. The van der Waals surface area contributed by atoms with Crippen LogP contribution in [-0.4, -0.2) is 62.0 Å². The van der Waals surface area contributed by atoms with Gasteiger partial charge >= 0.3 is 189 Å². The Morgan fingerprint density at radius 1 is 0.833 bits per heavy atom. The van der Waals surface area contributed by atoms with E-state index < -0.39 is 29.8 Å². The van der Waals surface area contributed by atoms with E-state index in [9.17, 15) is 15.0 Å². The third kappa shape index (κ3) is 3.18. The zero-order valence-electron chi connectivity index (χ0n) is 16.5. The number of para-hydroxylation sites is 2. The van der Waals surface area contributed by atoms with Crippen molar-refractivity contribution in [2.75, 3.05) is 23.9 Å². The second-order valence-corrected chi connectivity index (χ2v) is 12.1. The van der Waals surface area contributed by atoms with E-state index in [4.69, 9.17) is 0 Å². The predicted octanol–water partition coefficient (Wildman–Crippen LogP) is -1.10. The van der Waals surface area contributed by atoms with Gasteiger partial charge in [-0.15, -0.1) is 0 Å². The van der Waals surface area contributed by atoms with Crippen molar-refractivity contribution in [2.24, 2.45) is 11.8 Å². The van der Waals surface area contributed by atoms with Crippen molar-refractivity contribution < 1.29 is 15.0 Å².